The second-order valence-corrected chi connectivity index (χ2v) is 7.15. The first-order valence-corrected chi connectivity index (χ1v) is 7.51. The van der Waals surface area contributed by atoms with E-state index in [-0.39, 0.29) is 16.5 Å². The molecular weight excluding hydrogens is 286 g/mol. The molecule has 2 heterocycles. The van der Waals surface area contributed by atoms with Crippen LogP contribution in [0.2, 0.25) is 5.28 Å². The molecule has 0 spiro atoms. The van der Waals surface area contributed by atoms with Crippen LogP contribution in [0.3, 0.4) is 0 Å². The van der Waals surface area contributed by atoms with E-state index in [1.54, 1.807) is 0 Å². The first kappa shape index (κ1) is 14.5. The molecule has 1 aliphatic rings. The summed E-state index contributed by atoms with van der Waals surface area (Å²) in [6.45, 7) is 9.96. The second kappa shape index (κ2) is 4.82. The highest BCUT2D eigenvalue weighted by atomic mass is 35.5. The van der Waals surface area contributed by atoms with Crippen LogP contribution in [0.1, 0.15) is 27.7 Å². The smallest absolute Gasteiger partial charge is 0.224 e. The summed E-state index contributed by atoms with van der Waals surface area (Å²) in [7, 11) is 0. The number of fused-ring (bicyclic) bond motifs is 1. The number of hydrogen-bond donors (Lipinski definition) is 0. The van der Waals surface area contributed by atoms with Gasteiger partial charge in [0.15, 0.2) is 0 Å². The highest BCUT2D eigenvalue weighted by Crippen LogP contribution is 2.33. The lowest BCUT2D eigenvalue weighted by Gasteiger charge is -2.47. The van der Waals surface area contributed by atoms with Crippen molar-refractivity contribution < 1.29 is 4.74 Å². The minimum absolute atomic E-state index is 0.236. The largest absolute Gasteiger partial charge is 0.366 e. The van der Waals surface area contributed by atoms with Crippen LogP contribution in [0, 0.1) is 0 Å². The second-order valence-electron chi connectivity index (χ2n) is 6.81. The fourth-order valence-electron chi connectivity index (χ4n) is 3.21. The third-order valence-electron chi connectivity index (χ3n) is 3.55. The standard InChI is InChI=1S/C16H20ClN3O/c1-15(2)9-20(10-16(3,4)21-15)13-11-7-5-6-8-12(11)18-14(17)19-13/h5-8H,9-10H2,1-4H3. The van der Waals surface area contributed by atoms with Gasteiger partial charge in [0, 0.05) is 18.5 Å². The van der Waals surface area contributed by atoms with Crippen molar-refractivity contribution in [3.8, 4) is 0 Å². The number of para-hydroxylation sites is 1. The Morgan fingerprint density at radius 2 is 1.67 bits per heavy atom. The third kappa shape index (κ3) is 2.97. The maximum absolute atomic E-state index is 6.14. The molecule has 1 saturated heterocycles. The van der Waals surface area contributed by atoms with Gasteiger partial charge in [-0.2, -0.15) is 4.98 Å². The Morgan fingerprint density at radius 3 is 2.33 bits per heavy atom. The molecule has 0 saturated carbocycles. The maximum atomic E-state index is 6.14. The Balaban J connectivity index is 2.11. The number of hydrogen-bond acceptors (Lipinski definition) is 4. The van der Waals surface area contributed by atoms with Gasteiger partial charge < -0.3 is 9.64 Å². The van der Waals surface area contributed by atoms with E-state index in [4.69, 9.17) is 16.3 Å². The van der Waals surface area contributed by atoms with E-state index >= 15 is 0 Å². The van der Waals surface area contributed by atoms with Crippen LogP contribution in [0.4, 0.5) is 5.82 Å². The number of ether oxygens (including phenoxy) is 1. The van der Waals surface area contributed by atoms with Crippen LogP contribution in [0.15, 0.2) is 24.3 Å². The van der Waals surface area contributed by atoms with Crippen molar-refractivity contribution in [2.75, 3.05) is 18.0 Å². The fourth-order valence-corrected chi connectivity index (χ4v) is 3.38. The van der Waals surface area contributed by atoms with Gasteiger partial charge in [-0.15, -0.1) is 0 Å². The molecular formula is C16H20ClN3O. The molecule has 0 unspecified atom stereocenters. The average Bonchev–Trinajstić information content (AvgIpc) is 2.34. The lowest BCUT2D eigenvalue weighted by atomic mass is 9.98. The Kier molecular flexibility index (Phi) is 3.34. The van der Waals surface area contributed by atoms with Gasteiger partial charge in [-0.25, -0.2) is 4.98 Å². The summed E-state index contributed by atoms with van der Waals surface area (Å²) in [4.78, 5) is 11.0. The van der Waals surface area contributed by atoms with E-state index in [0.717, 1.165) is 29.8 Å². The van der Waals surface area contributed by atoms with Gasteiger partial charge in [-0.3, -0.25) is 0 Å². The molecule has 0 N–H and O–H groups in total. The minimum Gasteiger partial charge on any atom is -0.366 e. The first-order valence-electron chi connectivity index (χ1n) is 7.13. The zero-order valence-corrected chi connectivity index (χ0v) is 13.6. The summed E-state index contributed by atoms with van der Waals surface area (Å²) >= 11 is 6.11. The van der Waals surface area contributed by atoms with Gasteiger partial charge in [0.2, 0.25) is 5.28 Å². The monoisotopic (exact) mass is 305 g/mol. The van der Waals surface area contributed by atoms with Crippen LogP contribution in [0.5, 0.6) is 0 Å². The van der Waals surface area contributed by atoms with Crippen molar-refractivity contribution >= 4 is 28.3 Å². The SMILES string of the molecule is CC1(C)CN(c2nc(Cl)nc3ccccc23)CC(C)(C)O1. The maximum Gasteiger partial charge on any atom is 0.224 e. The van der Waals surface area contributed by atoms with Gasteiger partial charge in [0.1, 0.15) is 5.82 Å². The first-order chi connectivity index (χ1) is 9.76. The van der Waals surface area contributed by atoms with Gasteiger partial charge in [-0.05, 0) is 51.4 Å². The molecule has 0 atom stereocenters. The summed E-state index contributed by atoms with van der Waals surface area (Å²) in [5.74, 6) is 0.884. The fraction of sp³-hybridized carbons (Fsp3) is 0.500. The molecule has 0 aliphatic carbocycles. The third-order valence-corrected chi connectivity index (χ3v) is 3.72. The molecule has 2 aromatic rings. The Bertz CT molecular complexity index is 668. The molecule has 0 amide bonds. The summed E-state index contributed by atoms with van der Waals surface area (Å²) in [6.07, 6.45) is 0. The molecule has 0 bridgehead atoms. The van der Waals surface area contributed by atoms with Crippen molar-refractivity contribution in [1.29, 1.82) is 0 Å². The number of rotatable bonds is 1. The van der Waals surface area contributed by atoms with Crippen molar-refractivity contribution in [2.24, 2.45) is 0 Å². The Hall–Kier alpha value is -1.39. The van der Waals surface area contributed by atoms with Crippen molar-refractivity contribution in [1.82, 2.24) is 9.97 Å². The minimum atomic E-state index is -0.236. The van der Waals surface area contributed by atoms with Gasteiger partial charge in [-0.1, -0.05) is 12.1 Å². The van der Waals surface area contributed by atoms with Crippen LogP contribution in [-0.4, -0.2) is 34.3 Å². The van der Waals surface area contributed by atoms with Gasteiger partial charge in [0.05, 0.1) is 16.7 Å². The number of halogens is 1. The van der Waals surface area contributed by atoms with Crippen LogP contribution < -0.4 is 4.90 Å². The van der Waals surface area contributed by atoms with E-state index in [9.17, 15) is 0 Å². The molecule has 1 aliphatic heterocycles. The quantitative estimate of drug-likeness (QED) is 0.753. The van der Waals surface area contributed by atoms with Crippen LogP contribution >= 0.6 is 11.6 Å². The molecule has 21 heavy (non-hydrogen) atoms. The number of nitrogens with zero attached hydrogens (tertiary/aromatic N) is 3. The van der Waals surface area contributed by atoms with E-state index in [0.29, 0.717) is 0 Å². The number of anilines is 1. The summed E-state index contributed by atoms with van der Waals surface area (Å²) in [5.41, 5.74) is 0.398. The number of morpholine rings is 1. The lowest BCUT2D eigenvalue weighted by Crippen LogP contribution is -2.57. The van der Waals surface area contributed by atoms with E-state index in [1.807, 2.05) is 24.3 Å². The van der Waals surface area contributed by atoms with Gasteiger partial charge in [0.25, 0.3) is 0 Å². The zero-order valence-electron chi connectivity index (χ0n) is 12.9. The Morgan fingerprint density at radius 1 is 1.05 bits per heavy atom. The number of aromatic nitrogens is 2. The molecule has 0 radical (unpaired) electrons. The van der Waals surface area contributed by atoms with Crippen LogP contribution in [-0.2, 0) is 4.74 Å². The van der Waals surface area contributed by atoms with Crippen LogP contribution in [0.25, 0.3) is 10.9 Å². The van der Waals surface area contributed by atoms with E-state index in [1.165, 1.54) is 0 Å². The van der Waals surface area contributed by atoms with Crippen molar-refractivity contribution in [3.05, 3.63) is 29.5 Å². The molecule has 3 rings (SSSR count). The highest BCUT2D eigenvalue weighted by molar-refractivity contribution is 6.28. The Labute approximate surface area is 130 Å². The van der Waals surface area contributed by atoms with Crippen molar-refractivity contribution in [2.45, 2.75) is 38.9 Å². The van der Waals surface area contributed by atoms with E-state index < -0.39 is 0 Å². The average molecular weight is 306 g/mol. The summed E-state index contributed by atoms with van der Waals surface area (Å²) in [5, 5.41) is 1.31. The predicted octanol–water partition coefficient (Wildman–Crippen LogP) is 3.68. The molecule has 1 fully saturated rings. The molecule has 1 aromatic carbocycles. The molecule has 1 aromatic heterocycles. The zero-order chi connectivity index (χ0) is 15.3. The normalized spacial score (nSPS) is 20.7. The molecule has 112 valence electrons. The summed E-state index contributed by atoms with van der Waals surface area (Å²) < 4.78 is 6.14. The number of benzene rings is 1. The molecule has 5 heteroatoms. The van der Waals surface area contributed by atoms with Crippen molar-refractivity contribution in [3.63, 3.8) is 0 Å². The van der Waals surface area contributed by atoms with Gasteiger partial charge >= 0.3 is 0 Å². The topological polar surface area (TPSA) is 38.2 Å². The highest BCUT2D eigenvalue weighted by Gasteiger charge is 2.39. The summed E-state index contributed by atoms with van der Waals surface area (Å²) in [6, 6.07) is 7.96. The predicted molar refractivity (Wildman–Crippen MR) is 86.0 cm³/mol. The molecule has 4 nitrogen and oxygen atoms in total. The van der Waals surface area contributed by atoms with E-state index in [2.05, 4.69) is 42.6 Å². The lowest BCUT2D eigenvalue weighted by molar-refractivity contribution is -0.133.